The zero-order valence-electron chi connectivity index (χ0n) is 14.5. The molecule has 2 aromatic rings. The molecule has 142 valence electrons. The molecule has 2 N–H and O–H groups in total. The number of nitrogens with one attached hydrogen (secondary N) is 1. The Kier molecular flexibility index (Phi) is 5.76. The van der Waals surface area contributed by atoms with Crippen molar-refractivity contribution in [1.82, 2.24) is 10.4 Å². The highest BCUT2D eigenvalue weighted by molar-refractivity contribution is 8.26. The summed E-state index contributed by atoms with van der Waals surface area (Å²) in [6.45, 7) is 0. The highest BCUT2D eigenvalue weighted by Crippen LogP contribution is 2.32. The molecule has 9 heteroatoms. The van der Waals surface area contributed by atoms with Crippen LogP contribution in [-0.2, 0) is 4.79 Å². The molecule has 0 saturated carbocycles. The molecule has 28 heavy (non-hydrogen) atoms. The average molecular weight is 414 g/mol. The predicted molar refractivity (Wildman–Crippen MR) is 109 cm³/mol. The number of benzene rings is 2. The van der Waals surface area contributed by atoms with Crippen LogP contribution < -0.4 is 10.2 Å². The minimum Gasteiger partial charge on any atom is -0.497 e. The number of nitrogens with zero attached hydrogens (tertiary/aromatic N) is 1. The van der Waals surface area contributed by atoms with Gasteiger partial charge in [-0.05, 0) is 54.2 Å². The van der Waals surface area contributed by atoms with Gasteiger partial charge < -0.3 is 9.84 Å². The molecule has 2 amide bonds. The number of carbonyl (C=O) groups excluding carboxylic acids is 2. The van der Waals surface area contributed by atoms with Gasteiger partial charge in [-0.2, -0.15) is 5.01 Å². The van der Waals surface area contributed by atoms with Crippen molar-refractivity contribution in [2.24, 2.45) is 0 Å². The molecule has 0 unspecified atom stereocenters. The normalized spacial score (nSPS) is 15.0. The Labute approximate surface area is 170 Å². The molecule has 0 radical (unpaired) electrons. The van der Waals surface area contributed by atoms with E-state index in [1.54, 1.807) is 42.5 Å². The second-order valence-electron chi connectivity index (χ2n) is 5.58. The standard InChI is InChI=1S/C19H14N2O5S2/c1-26-13-8-6-11(7-9-13)16(22)20-21-17(23)15(28-19(21)27)10-12-4-2-3-5-14(12)18(24)25/h2-10H,1H3,(H,20,22)(H,24,25)/b15-10+. The number of thiocarbonyl (C=S) groups is 1. The molecule has 1 aliphatic heterocycles. The first-order valence-corrected chi connectivity index (χ1v) is 9.18. The Morgan fingerprint density at radius 3 is 2.50 bits per heavy atom. The highest BCUT2D eigenvalue weighted by atomic mass is 32.2. The van der Waals surface area contributed by atoms with Crippen LogP contribution >= 0.6 is 24.0 Å². The second kappa shape index (κ2) is 8.24. The maximum absolute atomic E-state index is 12.6. The van der Waals surface area contributed by atoms with Crippen molar-refractivity contribution in [3.63, 3.8) is 0 Å². The Morgan fingerprint density at radius 2 is 1.86 bits per heavy atom. The van der Waals surface area contributed by atoms with Crippen LogP contribution in [0.25, 0.3) is 6.08 Å². The van der Waals surface area contributed by atoms with Crippen LogP contribution in [0.5, 0.6) is 5.75 Å². The van der Waals surface area contributed by atoms with E-state index in [4.69, 9.17) is 17.0 Å². The summed E-state index contributed by atoms with van der Waals surface area (Å²) in [6, 6.07) is 12.7. The molecule has 1 saturated heterocycles. The van der Waals surface area contributed by atoms with Gasteiger partial charge in [-0.25, -0.2) is 4.79 Å². The lowest BCUT2D eigenvalue weighted by atomic mass is 10.1. The number of carboxylic acid groups (broad SMARTS) is 1. The van der Waals surface area contributed by atoms with Gasteiger partial charge in [-0.1, -0.05) is 30.0 Å². The van der Waals surface area contributed by atoms with Crippen LogP contribution in [0, 0.1) is 0 Å². The first kappa shape index (κ1) is 19.6. The zero-order chi connectivity index (χ0) is 20.3. The predicted octanol–water partition coefficient (Wildman–Crippen LogP) is 2.94. The fourth-order valence-corrected chi connectivity index (χ4v) is 3.60. The summed E-state index contributed by atoms with van der Waals surface area (Å²) in [5, 5.41) is 10.2. The van der Waals surface area contributed by atoms with E-state index in [1.165, 1.54) is 19.3 Å². The molecule has 0 aliphatic carbocycles. The number of hydrogen-bond acceptors (Lipinski definition) is 6. The van der Waals surface area contributed by atoms with Crippen LogP contribution in [0.15, 0.2) is 53.4 Å². The van der Waals surface area contributed by atoms with Crippen LogP contribution in [0.2, 0.25) is 0 Å². The number of hydrazine groups is 1. The van der Waals surface area contributed by atoms with Crippen molar-refractivity contribution >= 4 is 52.2 Å². The average Bonchev–Trinajstić information content (AvgIpc) is 2.95. The molecule has 1 heterocycles. The SMILES string of the molecule is COc1ccc(C(=O)NN2C(=O)/C(=C\c3ccccc3C(=O)O)SC2=S)cc1. The quantitative estimate of drug-likeness (QED) is 0.574. The van der Waals surface area contributed by atoms with Gasteiger partial charge in [0.05, 0.1) is 17.6 Å². The van der Waals surface area contributed by atoms with Crippen LogP contribution in [0.3, 0.4) is 0 Å². The maximum atomic E-state index is 12.6. The molecule has 7 nitrogen and oxygen atoms in total. The summed E-state index contributed by atoms with van der Waals surface area (Å²) >= 11 is 6.16. The van der Waals surface area contributed by atoms with Crippen molar-refractivity contribution < 1.29 is 24.2 Å². The van der Waals surface area contributed by atoms with Gasteiger partial charge in [0, 0.05) is 5.56 Å². The Hall–Kier alpha value is -3.17. The Morgan fingerprint density at radius 1 is 1.18 bits per heavy atom. The molecule has 1 fully saturated rings. The lowest BCUT2D eigenvalue weighted by Crippen LogP contribution is -2.44. The Bertz CT molecular complexity index is 1000. The lowest BCUT2D eigenvalue weighted by Gasteiger charge is -2.15. The molecule has 0 spiro atoms. The van der Waals surface area contributed by atoms with E-state index in [1.807, 2.05) is 0 Å². The van der Waals surface area contributed by atoms with Crippen LogP contribution in [-0.4, -0.2) is 39.3 Å². The summed E-state index contributed by atoms with van der Waals surface area (Å²) in [7, 11) is 1.52. The number of methoxy groups -OCH3 is 1. The summed E-state index contributed by atoms with van der Waals surface area (Å²) in [6.07, 6.45) is 1.45. The monoisotopic (exact) mass is 414 g/mol. The van der Waals surface area contributed by atoms with Crippen molar-refractivity contribution in [1.29, 1.82) is 0 Å². The first-order valence-electron chi connectivity index (χ1n) is 7.96. The third-order valence-electron chi connectivity index (χ3n) is 3.84. The molecule has 3 rings (SSSR count). The summed E-state index contributed by atoms with van der Waals surface area (Å²) in [4.78, 5) is 36.6. The van der Waals surface area contributed by atoms with E-state index in [9.17, 15) is 19.5 Å². The van der Waals surface area contributed by atoms with E-state index >= 15 is 0 Å². The minimum atomic E-state index is -1.10. The van der Waals surface area contributed by atoms with Crippen molar-refractivity contribution in [2.75, 3.05) is 7.11 Å². The van der Waals surface area contributed by atoms with Crippen molar-refractivity contribution in [3.05, 3.63) is 70.1 Å². The Balaban J connectivity index is 1.80. The third kappa shape index (κ3) is 4.05. The van der Waals surface area contributed by atoms with Gasteiger partial charge in [0.15, 0.2) is 4.32 Å². The summed E-state index contributed by atoms with van der Waals surface area (Å²) < 4.78 is 5.19. The van der Waals surface area contributed by atoms with Gasteiger partial charge in [-0.15, -0.1) is 0 Å². The van der Waals surface area contributed by atoms with Gasteiger partial charge in [-0.3, -0.25) is 15.0 Å². The molecule has 1 aliphatic rings. The van der Waals surface area contributed by atoms with Gasteiger partial charge in [0.1, 0.15) is 5.75 Å². The number of rotatable bonds is 5. The molecule has 0 bridgehead atoms. The largest absolute Gasteiger partial charge is 0.497 e. The number of ether oxygens (including phenoxy) is 1. The summed E-state index contributed by atoms with van der Waals surface area (Å²) in [5.41, 5.74) is 3.24. The van der Waals surface area contributed by atoms with Crippen molar-refractivity contribution in [2.45, 2.75) is 0 Å². The molecular weight excluding hydrogens is 400 g/mol. The second-order valence-corrected chi connectivity index (χ2v) is 7.25. The van der Waals surface area contributed by atoms with E-state index in [0.29, 0.717) is 16.9 Å². The molecule has 2 aromatic carbocycles. The molecule has 0 aromatic heterocycles. The number of amides is 2. The van der Waals surface area contributed by atoms with Crippen LogP contribution in [0.4, 0.5) is 0 Å². The number of carboxylic acids is 1. The topological polar surface area (TPSA) is 95.9 Å². The van der Waals surface area contributed by atoms with E-state index in [2.05, 4.69) is 5.43 Å². The van der Waals surface area contributed by atoms with Crippen molar-refractivity contribution in [3.8, 4) is 5.75 Å². The van der Waals surface area contributed by atoms with Crippen LogP contribution in [0.1, 0.15) is 26.3 Å². The highest BCUT2D eigenvalue weighted by Gasteiger charge is 2.34. The first-order chi connectivity index (χ1) is 13.4. The number of aromatic carboxylic acids is 1. The smallest absolute Gasteiger partial charge is 0.336 e. The maximum Gasteiger partial charge on any atom is 0.336 e. The number of carbonyl (C=O) groups is 3. The van der Waals surface area contributed by atoms with E-state index in [-0.39, 0.29) is 14.8 Å². The van der Waals surface area contributed by atoms with E-state index in [0.717, 1.165) is 16.8 Å². The summed E-state index contributed by atoms with van der Waals surface area (Å²) in [5.74, 6) is -1.54. The lowest BCUT2D eigenvalue weighted by molar-refractivity contribution is -0.123. The minimum absolute atomic E-state index is 0.0648. The third-order valence-corrected chi connectivity index (χ3v) is 5.14. The van der Waals surface area contributed by atoms with Gasteiger partial charge in [0.25, 0.3) is 11.8 Å². The van der Waals surface area contributed by atoms with E-state index < -0.39 is 17.8 Å². The number of thioether (sulfide) groups is 1. The molecule has 0 atom stereocenters. The zero-order valence-corrected chi connectivity index (χ0v) is 16.2. The molecular formula is C19H14N2O5S2. The van der Waals surface area contributed by atoms with Gasteiger partial charge in [0.2, 0.25) is 0 Å². The number of hydrogen-bond donors (Lipinski definition) is 2. The van der Waals surface area contributed by atoms with Gasteiger partial charge >= 0.3 is 5.97 Å². The fourth-order valence-electron chi connectivity index (χ4n) is 2.43. The fraction of sp³-hybridized carbons (Fsp3) is 0.0526.